The summed E-state index contributed by atoms with van der Waals surface area (Å²) in [5.41, 5.74) is 1.46. The number of benzene rings is 1. The number of carbonyl (C=O) groups excluding carboxylic acids is 3. The number of ketones is 1. The molecule has 0 bridgehead atoms. The molecular formula is C27H30N2O7S. The molecule has 2 aromatic rings. The van der Waals surface area contributed by atoms with Gasteiger partial charge in [-0.15, -0.1) is 0 Å². The number of carbonyl (C=O) groups is 3. The van der Waals surface area contributed by atoms with Crippen molar-refractivity contribution < 1.29 is 33.3 Å². The Hall–Kier alpha value is -3.40. The average molecular weight is 527 g/mol. The first-order valence-corrected chi connectivity index (χ1v) is 13.4. The van der Waals surface area contributed by atoms with E-state index in [1.54, 1.807) is 19.1 Å². The summed E-state index contributed by atoms with van der Waals surface area (Å²) >= 11 is 1.06. The molecule has 2 aliphatic heterocycles. The van der Waals surface area contributed by atoms with Gasteiger partial charge in [0, 0.05) is 0 Å². The van der Waals surface area contributed by atoms with Crippen molar-refractivity contribution in [2.45, 2.75) is 58.6 Å². The fraction of sp³-hybridized carbons (Fsp3) is 0.481. The minimum absolute atomic E-state index is 0.0554. The van der Waals surface area contributed by atoms with Gasteiger partial charge in [0.15, 0.2) is 28.2 Å². The number of hydrogen-bond donors (Lipinski definition) is 0. The van der Waals surface area contributed by atoms with Crippen LogP contribution in [0.4, 0.5) is 5.13 Å². The number of ether oxygens (including phenoxy) is 4. The highest BCUT2D eigenvalue weighted by Gasteiger charge is 2.53. The molecule has 37 heavy (non-hydrogen) atoms. The van der Waals surface area contributed by atoms with Gasteiger partial charge in [0.05, 0.1) is 43.6 Å². The number of amides is 1. The van der Waals surface area contributed by atoms with Crippen molar-refractivity contribution in [3.05, 3.63) is 45.7 Å². The standard InChI is InChI=1S/C27H30N2O7S/c1-5-34-18-12-11-15(13-19(18)35-6-2)21-20-22(30)16-9-7-8-10-17(16)36-23(20)25(31)29(21)27-28-14(3)24(37-27)26(32)33-4/h11-13,16-17,21H,5-10H2,1-4H3. The molecule has 1 amide bonds. The van der Waals surface area contributed by atoms with Crippen molar-refractivity contribution >= 4 is 34.1 Å². The van der Waals surface area contributed by atoms with Gasteiger partial charge in [0.2, 0.25) is 0 Å². The predicted molar refractivity (Wildman–Crippen MR) is 136 cm³/mol. The lowest BCUT2D eigenvalue weighted by Gasteiger charge is -2.35. The maximum absolute atomic E-state index is 13.9. The minimum atomic E-state index is -0.774. The molecule has 5 rings (SSSR count). The highest BCUT2D eigenvalue weighted by Crippen LogP contribution is 2.50. The van der Waals surface area contributed by atoms with Gasteiger partial charge in [-0.3, -0.25) is 14.5 Å². The zero-order chi connectivity index (χ0) is 26.3. The molecule has 0 spiro atoms. The van der Waals surface area contributed by atoms with Gasteiger partial charge in [0.25, 0.3) is 5.91 Å². The smallest absolute Gasteiger partial charge is 0.350 e. The van der Waals surface area contributed by atoms with Crippen LogP contribution in [0.25, 0.3) is 0 Å². The molecule has 3 aliphatic rings. The molecular weight excluding hydrogens is 496 g/mol. The summed E-state index contributed by atoms with van der Waals surface area (Å²) in [6.45, 7) is 6.34. The predicted octanol–water partition coefficient (Wildman–Crippen LogP) is 4.54. The van der Waals surface area contributed by atoms with Crippen molar-refractivity contribution in [2.75, 3.05) is 25.2 Å². The van der Waals surface area contributed by atoms with Gasteiger partial charge in [0.1, 0.15) is 11.0 Å². The maximum atomic E-state index is 13.9. The summed E-state index contributed by atoms with van der Waals surface area (Å²) in [4.78, 5) is 46.4. The van der Waals surface area contributed by atoms with Crippen LogP contribution >= 0.6 is 11.3 Å². The largest absolute Gasteiger partial charge is 0.490 e. The quantitative estimate of drug-likeness (QED) is 0.485. The molecule has 3 heterocycles. The van der Waals surface area contributed by atoms with E-state index < -0.39 is 17.9 Å². The maximum Gasteiger partial charge on any atom is 0.350 e. The number of rotatable bonds is 7. The Morgan fingerprint density at radius 2 is 1.86 bits per heavy atom. The summed E-state index contributed by atoms with van der Waals surface area (Å²) in [7, 11) is 1.30. The number of hydrogen-bond acceptors (Lipinski definition) is 9. The van der Waals surface area contributed by atoms with Crippen LogP contribution in [0.5, 0.6) is 11.5 Å². The topological polar surface area (TPSA) is 104 Å². The molecule has 10 heteroatoms. The molecule has 1 fully saturated rings. The number of esters is 1. The molecule has 3 unspecified atom stereocenters. The molecule has 3 atom stereocenters. The Morgan fingerprint density at radius 1 is 1.14 bits per heavy atom. The summed E-state index contributed by atoms with van der Waals surface area (Å²) < 4.78 is 22.7. The van der Waals surface area contributed by atoms with Crippen molar-refractivity contribution in [3.8, 4) is 11.5 Å². The lowest BCUT2D eigenvalue weighted by Crippen LogP contribution is -2.39. The number of aryl methyl sites for hydroxylation is 1. The van der Waals surface area contributed by atoms with E-state index >= 15 is 0 Å². The van der Waals surface area contributed by atoms with Gasteiger partial charge in [-0.2, -0.15) is 0 Å². The molecule has 1 saturated carbocycles. The van der Waals surface area contributed by atoms with Crippen LogP contribution in [0.1, 0.15) is 66.5 Å². The number of anilines is 1. The Bertz CT molecular complexity index is 1280. The number of Topliss-reactive ketones (excluding diaryl/α,β-unsaturated/α-hetero) is 1. The lowest BCUT2D eigenvalue weighted by molar-refractivity contribution is -0.131. The van der Waals surface area contributed by atoms with E-state index in [-0.39, 0.29) is 23.6 Å². The van der Waals surface area contributed by atoms with Crippen molar-refractivity contribution in [2.24, 2.45) is 5.92 Å². The van der Waals surface area contributed by atoms with Crippen molar-refractivity contribution in [1.82, 2.24) is 4.98 Å². The van der Waals surface area contributed by atoms with Gasteiger partial charge >= 0.3 is 5.97 Å². The van der Waals surface area contributed by atoms with Gasteiger partial charge in [-0.25, -0.2) is 9.78 Å². The average Bonchev–Trinajstić information content (AvgIpc) is 3.42. The van der Waals surface area contributed by atoms with Crippen LogP contribution in [-0.4, -0.2) is 49.1 Å². The number of nitrogens with zero attached hydrogens (tertiary/aromatic N) is 2. The van der Waals surface area contributed by atoms with E-state index in [1.165, 1.54) is 12.0 Å². The van der Waals surface area contributed by atoms with Crippen LogP contribution in [-0.2, 0) is 19.1 Å². The van der Waals surface area contributed by atoms with Crippen LogP contribution < -0.4 is 14.4 Å². The third-order valence-electron chi connectivity index (χ3n) is 7.01. The van der Waals surface area contributed by atoms with Crippen molar-refractivity contribution in [1.29, 1.82) is 0 Å². The Labute approximate surface area is 219 Å². The van der Waals surface area contributed by atoms with E-state index in [0.29, 0.717) is 51.6 Å². The van der Waals surface area contributed by atoms with E-state index in [0.717, 1.165) is 37.0 Å². The third kappa shape index (κ3) is 4.27. The molecule has 196 valence electrons. The van der Waals surface area contributed by atoms with E-state index in [4.69, 9.17) is 18.9 Å². The monoisotopic (exact) mass is 526 g/mol. The molecule has 9 nitrogen and oxygen atoms in total. The number of aromatic nitrogens is 1. The highest BCUT2D eigenvalue weighted by atomic mass is 32.1. The molecule has 1 aromatic carbocycles. The zero-order valence-electron chi connectivity index (χ0n) is 21.4. The summed E-state index contributed by atoms with van der Waals surface area (Å²) in [5, 5.41) is 0.300. The Balaban J connectivity index is 1.66. The zero-order valence-corrected chi connectivity index (χ0v) is 22.2. The molecule has 0 radical (unpaired) electrons. The molecule has 1 aromatic heterocycles. The number of thiazole rings is 1. The summed E-state index contributed by atoms with van der Waals surface area (Å²) in [5.74, 6) is -0.115. The lowest BCUT2D eigenvalue weighted by atomic mass is 9.77. The third-order valence-corrected chi connectivity index (χ3v) is 8.15. The van der Waals surface area contributed by atoms with E-state index in [9.17, 15) is 14.4 Å². The van der Waals surface area contributed by atoms with E-state index in [1.807, 2.05) is 19.9 Å². The highest BCUT2D eigenvalue weighted by molar-refractivity contribution is 7.17. The first kappa shape index (κ1) is 25.3. The van der Waals surface area contributed by atoms with Crippen LogP contribution in [0.15, 0.2) is 29.5 Å². The number of methoxy groups -OCH3 is 1. The molecule has 0 N–H and O–H groups in total. The molecule has 1 aliphatic carbocycles. The first-order chi connectivity index (χ1) is 17.9. The van der Waals surface area contributed by atoms with Crippen molar-refractivity contribution in [3.63, 3.8) is 0 Å². The second-order valence-electron chi connectivity index (χ2n) is 9.21. The first-order valence-electron chi connectivity index (χ1n) is 12.6. The van der Waals surface area contributed by atoms with Crippen LogP contribution in [0.2, 0.25) is 0 Å². The van der Waals surface area contributed by atoms with Gasteiger partial charge in [-0.1, -0.05) is 23.8 Å². The number of fused-ring (bicyclic) bond motifs is 1. The van der Waals surface area contributed by atoms with Crippen LogP contribution in [0.3, 0.4) is 0 Å². The molecule has 0 saturated heterocycles. The second-order valence-corrected chi connectivity index (χ2v) is 10.2. The summed E-state index contributed by atoms with van der Waals surface area (Å²) in [6.07, 6.45) is 3.09. The Morgan fingerprint density at radius 3 is 2.59 bits per heavy atom. The SMILES string of the molecule is CCOc1ccc(C2C3=C(OC4CCCCC4C3=O)C(=O)N2c2nc(C)c(C(=O)OC)s2)cc1OCC. The fourth-order valence-corrected chi connectivity index (χ4v) is 6.37. The summed E-state index contributed by atoms with van der Waals surface area (Å²) in [6, 6.07) is 4.65. The van der Waals surface area contributed by atoms with E-state index in [2.05, 4.69) is 4.98 Å². The Kier molecular flexibility index (Phi) is 6.94. The van der Waals surface area contributed by atoms with Gasteiger partial charge in [-0.05, 0) is 57.7 Å². The van der Waals surface area contributed by atoms with Gasteiger partial charge < -0.3 is 18.9 Å². The van der Waals surface area contributed by atoms with Crippen LogP contribution in [0, 0.1) is 12.8 Å². The minimum Gasteiger partial charge on any atom is -0.490 e. The second kappa shape index (κ2) is 10.2. The normalized spacial score (nSPS) is 22.9. The fourth-order valence-electron chi connectivity index (χ4n) is 5.36.